The Hall–Kier alpha value is -1.89. The number of methoxy groups -OCH3 is 2. The Morgan fingerprint density at radius 2 is 2.30 bits per heavy atom. The third-order valence-corrected chi connectivity index (χ3v) is 3.31. The van der Waals surface area contributed by atoms with Gasteiger partial charge in [-0.25, -0.2) is 0 Å². The van der Waals surface area contributed by atoms with Crippen molar-refractivity contribution in [1.29, 1.82) is 0 Å². The number of amides is 1. The van der Waals surface area contributed by atoms with Crippen LogP contribution >= 0.6 is 0 Å². The van der Waals surface area contributed by atoms with Crippen LogP contribution in [0.4, 0.5) is 0 Å². The van der Waals surface area contributed by atoms with Gasteiger partial charge >= 0.3 is 5.97 Å². The largest absolute Gasteiger partial charge is 0.469 e. The summed E-state index contributed by atoms with van der Waals surface area (Å²) in [6.07, 6.45) is 1.51. The molecule has 1 aliphatic heterocycles. The molecule has 0 saturated carbocycles. The van der Waals surface area contributed by atoms with Crippen LogP contribution in [0.2, 0.25) is 0 Å². The number of hydrogen-bond donors (Lipinski definition) is 0. The predicted octanol–water partition coefficient (Wildman–Crippen LogP) is 0.846. The van der Waals surface area contributed by atoms with Gasteiger partial charge in [0, 0.05) is 26.3 Å². The molecule has 0 unspecified atom stereocenters. The Morgan fingerprint density at radius 1 is 1.50 bits per heavy atom. The van der Waals surface area contributed by atoms with Gasteiger partial charge < -0.3 is 18.9 Å². The van der Waals surface area contributed by atoms with E-state index in [1.807, 2.05) is 0 Å². The van der Waals surface area contributed by atoms with E-state index in [2.05, 4.69) is 5.16 Å². The second kappa shape index (κ2) is 6.51. The Labute approximate surface area is 116 Å². The number of ether oxygens (including phenoxy) is 2. The molecule has 0 aromatic carbocycles. The van der Waals surface area contributed by atoms with Crippen LogP contribution in [0.5, 0.6) is 0 Å². The highest BCUT2D eigenvalue weighted by Crippen LogP contribution is 2.19. The summed E-state index contributed by atoms with van der Waals surface area (Å²) in [5.74, 6) is -0.271. The van der Waals surface area contributed by atoms with E-state index in [0.29, 0.717) is 18.8 Å². The van der Waals surface area contributed by atoms with Crippen molar-refractivity contribution in [3.63, 3.8) is 0 Å². The summed E-state index contributed by atoms with van der Waals surface area (Å²) < 4.78 is 14.6. The molecule has 0 bridgehead atoms. The lowest BCUT2D eigenvalue weighted by Gasteiger charge is -2.30. The molecule has 0 spiro atoms. The smallest absolute Gasteiger partial charge is 0.310 e. The van der Waals surface area contributed by atoms with E-state index < -0.39 is 0 Å². The molecule has 0 N–H and O–H groups in total. The zero-order valence-electron chi connectivity index (χ0n) is 11.6. The van der Waals surface area contributed by atoms with Crippen molar-refractivity contribution < 1.29 is 23.6 Å². The molecular formula is C13H18N2O5. The molecule has 110 valence electrons. The molecule has 1 aliphatic rings. The second-order valence-electron chi connectivity index (χ2n) is 4.72. The van der Waals surface area contributed by atoms with E-state index in [4.69, 9.17) is 14.0 Å². The fraction of sp³-hybridized carbons (Fsp3) is 0.615. The van der Waals surface area contributed by atoms with Gasteiger partial charge in [-0.2, -0.15) is 0 Å². The lowest BCUT2D eigenvalue weighted by atomic mass is 9.98. The van der Waals surface area contributed by atoms with Crippen molar-refractivity contribution in [2.24, 2.45) is 5.92 Å². The van der Waals surface area contributed by atoms with Crippen molar-refractivity contribution in [3.05, 3.63) is 17.5 Å². The molecule has 0 aliphatic carbocycles. The summed E-state index contributed by atoms with van der Waals surface area (Å²) in [4.78, 5) is 25.4. The van der Waals surface area contributed by atoms with Gasteiger partial charge in [0.25, 0.3) is 5.91 Å². The monoisotopic (exact) mass is 282 g/mol. The average Bonchev–Trinajstić information content (AvgIpc) is 2.95. The average molecular weight is 282 g/mol. The molecular weight excluding hydrogens is 264 g/mol. The molecule has 1 fully saturated rings. The molecule has 1 aromatic rings. The Morgan fingerprint density at radius 3 is 3.00 bits per heavy atom. The van der Waals surface area contributed by atoms with Gasteiger partial charge in [0.2, 0.25) is 0 Å². The van der Waals surface area contributed by atoms with Crippen LogP contribution in [0, 0.1) is 5.92 Å². The number of rotatable bonds is 4. The Bertz CT molecular complexity index is 485. The first kappa shape index (κ1) is 14.5. The predicted molar refractivity (Wildman–Crippen MR) is 67.9 cm³/mol. The summed E-state index contributed by atoms with van der Waals surface area (Å²) in [6, 6.07) is 1.56. The molecule has 0 radical (unpaired) electrons. The summed E-state index contributed by atoms with van der Waals surface area (Å²) >= 11 is 0. The van der Waals surface area contributed by atoms with Crippen LogP contribution in [0.3, 0.4) is 0 Å². The number of hydrogen-bond acceptors (Lipinski definition) is 6. The number of piperidine rings is 1. The van der Waals surface area contributed by atoms with Crippen molar-refractivity contribution in [1.82, 2.24) is 10.1 Å². The first-order valence-electron chi connectivity index (χ1n) is 6.47. The van der Waals surface area contributed by atoms with Crippen LogP contribution in [0.25, 0.3) is 0 Å². The minimum atomic E-state index is -0.275. The Kier molecular flexibility index (Phi) is 4.73. The molecule has 1 amide bonds. The molecule has 20 heavy (non-hydrogen) atoms. The standard InChI is InChI=1S/C13H18N2O5/c1-18-8-10-6-11(14-20-10)12(16)15-5-3-4-9(7-15)13(17)19-2/h6,9H,3-5,7-8H2,1-2H3/t9-/m0/s1. The zero-order valence-corrected chi connectivity index (χ0v) is 11.6. The summed E-state index contributed by atoms with van der Waals surface area (Å²) in [6.45, 7) is 1.24. The number of carbonyl (C=O) groups excluding carboxylic acids is 2. The first-order chi connectivity index (χ1) is 9.65. The number of esters is 1. The van der Waals surface area contributed by atoms with Crippen LogP contribution in [-0.4, -0.2) is 49.2 Å². The van der Waals surface area contributed by atoms with Gasteiger partial charge in [0.15, 0.2) is 11.5 Å². The third-order valence-electron chi connectivity index (χ3n) is 3.31. The normalized spacial score (nSPS) is 18.9. The third kappa shape index (κ3) is 3.16. The molecule has 7 heteroatoms. The number of aromatic nitrogens is 1. The minimum absolute atomic E-state index is 0.232. The SMILES string of the molecule is COCc1cc(C(=O)N2CCC[C@H](C(=O)OC)C2)no1. The molecule has 1 aromatic heterocycles. The van der Waals surface area contributed by atoms with Gasteiger partial charge in [-0.15, -0.1) is 0 Å². The fourth-order valence-electron chi connectivity index (χ4n) is 2.31. The molecule has 1 atom stereocenters. The van der Waals surface area contributed by atoms with Crippen molar-refractivity contribution in [2.45, 2.75) is 19.4 Å². The van der Waals surface area contributed by atoms with Crippen molar-refractivity contribution in [2.75, 3.05) is 27.3 Å². The highest BCUT2D eigenvalue weighted by molar-refractivity contribution is 5.92. The number of nitrogens with zero attached hydrogens (tertiary/aromatic N) is 2. The lowest BCUT2D eigenvalue weighted by molar-refractivity contribution is -0.146. The van der Waals surface area contributed by atoms with Gasteiger partial charge in [0.05, 0.1) is 13.0 Å². The summed E-state index contributed by atoms with van der Waals surface area (Å²) in [7, 11) is 2.90. The number of likely N-dealkylation sites (tertiary alicyclic amines) is 1. The van der Waals surface area contributed by atoms with E-state index in [-0.39, 0.29) is 30.1 Å². The molecule has 1 saturated heterocycles. The van der Waals surface area contributed by atoms with E-state index in [1.54, 1.807) is 11.0 Å². The zero-order chi connectivity index (χ0) is 14.5. The van der Waals surface area contributed by atoms with Crippen LogP contribution < -0.4 is 0 Å². The van der Waals surface area contributed by atoms with Crippen LogP contribution in [-0.2, 0) is 20.9 Å². The summed E-state index contributed by atoms with van der Waals surface area (Å²) in [5, 5.41) is 3.74. The summed E-state index contributed by atoms with van der Waals surface area (Å²) in [5.41, 5.74) is 0.238. The highest BCUT2D eigenvalue weighted by Gasteiger charge is 2.30. The molecule has 2 heterocycles. The van der Waals surface area contributed by atoms with Gasteiger partial charge in [-0.1, -0.05) is 5.16 Å². The fourth-order valence-corrected chi connectivity index (χ4v) is 2.31. The highest BCUT2D eigenvalue weighted by atomic mass is 16.5. The van der Waals surface area contributed by atoms with E-state index >= 15 is 0 Å². The lowest BCUT2D eigenvalue weighted by Crippen LogP contribution is -2.42. The van der Waals surface area contributed by atoms with Crippen LogP contribution in [0.15, 0.2) is 10.6 Å². The van der Waals surface area contributed by atoms with Gasteiger partial charge in [0.1, 0.15) is 6.61 Å². The molecule has 7 nitrogen and oxygen atoms in total. The van der Waals surface area contributed by atoms with Crippen LogP contribution in [0.1, 0.15) is 29.1 Å². The van der Waals surface area contributed by atoms with Gasteiger partial charge in [-0.05, 0) is 12.8 Å². The maximum Gasteiger partial charge on any atom is 0.310 e. The topological polar surface area (TPSA) is 81.9 Å². The van der Waals surface area contributed by atoms with E-state index in [1.165, 1.54) is 14.2 Å². The maximum absolute atomic E-state index is 12.3. The quantitative estimate of drug-likeness (QED) is 0.761. The Balaban J connectivity index is 2.02. The van der Waals surface area contributed by atoms with Crippen molar-refractivity contribution >= 4 is 11.9 Å². The first-order valence-corrected chi connectivity index (χ1v) is 6.47. The van der Waals surface area contributed by atoms with Crippen molar-refractivity contribution in [3.8, 4) is 0 Å². The van der Waals surface area contributed by atoms with Gasteiger partial charge in [-0.3, -0.25) is 9.59 Å². The maximum atomic E-state index is 12.3. The van der Waals surface area contributed by atoms with E-state index in [0.717, 1.165) is 12.8 Å². The van der Waals surface area contributed by atoms with E-state index in [9.17, 15) is 9.59 Å². The molecule has 2 rings (SSSR count). The number of carbonyl (C=O) groups is 2. The minimum Gasteiger partial charge on any atom is -0.469 e. The second-order valence-corrected chi connectivity index (χ2v) is 4.72.